The Bertz CT molecular complexity index is 1490. The van der Waals surface area contributed by atoms with E-state index in [1.165, 1.54) is 0 Å². The van der Waals surface area contributed by atoms with E-state index in [4.69, 9.17) is 11.1 Å². The molecular formula is C34H53N9O6. The van der Waals surface area contributed by atoms with Crippen LogP contribution in [-0.2, 0) is 30.4 Å². The number of carbonyl (C=O) groups is 5. The van der Waals surface area contributed by atoms with E-state index in [9.17, 15) is 29.2 Å². The minimum atomic E-state index is -1.19. The van der Waals surface area contributed by atoms with E-state index >= 15 is 0 Å². The third-order valence-electron chi connectivity index (χ3n) is 8.43. The molecule has 0 radical (unpaired) electrons. The van der Waals surface area contributed by atoms with Gasteiger partial charge in [0.15, 0.2) is 0 Å². The zero-order valence-electron chi connectivity index (χ0n) is 29.3. The summed E-state index contributed by atoms with van der Waals surface area (Å²) >= 11 is 0. The summed E-state index contributed by atoms with van der Waals surface area (Å²) in [6, 6.07) is 2.12. The van der Waals surface area contributed by atoms with Crippen molar-refractivity contribution < 1.29 is 29.2 Å². The molecule has 0 aliphatic carbocycles. The summed E-state index contributed by atoms with van der Waals surface area (Å²) in [5.41, 5.74) is 6.95. The third-order valence-corrected chi connectivity index (χ3v) is 8.43. The summed E-state index contributed by atoms with van der Waals surface area (Å²) in [5.74, 6) is -3.98. The predicted molar refractivity (Wildman–Crippen MR) is 185 cm³/mol. The van der Waals surface area contributed by atoms with Gasteiger partial charge in [-0.1, -0.05) is 59.7 Å². The molecule has 0 bridgehead atoms. The minimum absolute atomic E-state index is 0.00967. The molecular weight excluding hydrogens is 630 g/mol. The van der Waals surface area contributed by atoms with Gasteiger partial charge in [-0.2, -0.15) is 0 Å². The number of nitrogens with one attached hydrogen (secondary N) is 7. The van der Waals surface area contributed by atoms with Crippen molar-refractivity contribution in [1.29, 1.82) is 5.41 Å². The van der Waals surface area contributed by atoms with Gasteiger partial charge >= 0.3 is 0 Å². The Hall–Kier alpha value is -4.66. The number of fused-ring (bicyclic) bond motifs is 1. The molecule has 0 saturated carbocycles. The van der Waals surface area contributed by atoms with Crippen molar-refractivity contribution in [3.63, 3.8) is 0 Å². The minimum Gasteiger partial charge on any atom is -0.368 e. The average Bonchev–Trinajstić information content (AvgIpc) is 3.43. The molecule has 5 amide bonds. The lowest BCUT2D eigenvalue weighted by molar-refractivity contribution is -0.135. The van der Waals surface area contributed by atoms with Gasteiger partial charge < -0.3 is 37.3 Å². The fraction of sp³-hybridized carbons (Fsp3) is 0.588. The monoisotopic (exact) mass is 683 g/mol. The molecule has 49 heavy (non-hydrogen) atoms. The molecule has 15 nitrogen and oxygen atoms in total. The Morgan fingerprint density at radius 1 is 0.776 bits per heavy atom. The lowest BCUT2D eigenvalue weighted by Crippen LogP contribution is -2.59. The molecule has 1 aliphatic rings. The van der Waals surface area contributed by atoms with Gasteiger partial charge in [0.2, 0.25) is 35.5 Å². The molecule has 10 N–H and O–H groups in total. The number of benzene rings is 1. The lowest BCUT2D eigenvalue weighted by atomic mass is 9.98. The molecule has 1 aliphatic heterocycles. The number of nitrogens with two attached hydrogens (primary N) is 1. The van der Waals surface area contributed by atoms with E-state index < -0.39 is 65.7 Å². The van der Waals surface area contributed by atoms with Crippen molar-refractivity contribution in [2.45, 2.75) is 104 Å². The van der Waals surface area contributed by atoms with E-state index in [1.54, 1.807) is 20.0 Å². The van der Waals surface area contributed by atoms with Gasteiger partial charge in [-0.25, -0.2) is 5.06 Å². The first-order chi connectivity index (χ1) is 23.1. The maximum atomic E-state index is 14.1. The lowest BCUT2D eigenvalue weighted by Gasteiger charge is -2.28. The fourth-order valence-electron chi connectivity index (χ4n) is 5.84. The van der Waals surface area contributed by atoms with Crippen molar-refractivity contribution in [1.82, 2.24) is 36.6 Å². The number of H-pyrrole nitrogens is 1. The SMILES string of the molecule is CC(C)C[C@@H]1NC(=O)[C@@H](CC(C)C)NC(=O)[C@H](CCCN(O)C(=N)N)NC(=O)[C@H](Cc2c[nH]c3ccccc23)NC(=O)[C@@H](C(C)C)NC1=O. The van der Waals surface area contributed by atoms with Crippen LogP contribution in [0.4, 0.5) is 0 Å². The van der Waals surface area contributed by atoms with Gasteiger partial charge in [-0.3, -0.25) is 34.6 Å². The summed E-state index contributed by atoms with van der Waals surface area (Å²) < 4.78 is 0. The molecule has 3 rings (SSSR count). The van der Waals surface area contributed by atoms with E-state index in [-0.39, 0.29) is 56.4 Å². The van der Waals surface area contributed by atoms with E-state index in [1.807, 2.05) is 52.0 Å². The number of guanidine groups is 1. The quantitative estimate of drug-likeness (QED) is 0.0948. The van der Waals surface area contributed by atoms with E-state index in [2.05, 4.69) is 31.6 Å². The first-order valence-electron chi connectivity index (χ1n) is 16.9. The third kappa shape index (κ3) is 11.2. The second-order valence-electron chi connectivity index (χ2n) is 13.9. The van der Waals surface area contributed by atoms with Crippen molar-refractivity contribution >= 4 is 46.4 Å². The molecule has 2 aromatic rings. The Morgan fingerprint density at radius 2 is 1.29 bits per heavy atom. The number of hydrogen-bond acceptors (Lipinski definition) is 7. The van der Waals surface area contributed by atoms with Crippen LogP contribution in [-0.4, -0.2) is 87.5 Å². The number of hydrogen-bond donors (Lipinski definition) is 9. The molecule has 15 heteroatoms. The van der Waals surface area contributed by atoms with Crippen molar-refractivity contribution in [3.8, 4) is 0 Å². The Balaban J connectivity index is 2.08. The summed E-state index contributed by atoms with van der Waals surface area (Å²) in [5, 5.41) is 32.7. The molecule has 0 spiro atoms. The summed E-state index contributed by atoms with van der Waals surface area (Å²) in [4.78, 5) is 72.3. The zero-order valence-corrected chi connectivity index (χ0v) is 29.3. The number of aromatic amines is 1. The number of aromatic nitrogens is 1. The normalized spacial score (nSPS) is 23.0. The molecule has 1 aromatic heterocycles. The molecule has 270 valence electrons. The standard InChI is InChI=1S/C34H53N9O6/c1-18(2)14-25-30(45)40-26(15-19(3)4)32(47)42-28(20(5)6)33(48)41-27(16-21-17-37-23-11-8-7-10-22(21)23)31(46)38-24(29(44)39-25)12-9-13-43(49)34(35)36/h7-8,10-11,17-20,24-28,37,49H,9,12-16H2,1-6H3,(H3,35,36)(H,38,46)(H,39,44)(H,40,45)(H,41,48)(H,42,47)/t24-,25+,26-,27-,28+/m0/s1. The van der Waals surface area contributed by atoms with Gasteiger partial charge in [-0.15, -0.1) is 0 Å². The molecule has 0 unspecified atom stereocenters. The van der Waals surface area contributed by atoms with Gasteiger partial charge in [0, 0.05) is 30.1 Å². The average molecular weight is 684 g/mol. The second-order valence-corrected chi connectivity index (χ2v) is 13.9. The molecule has 2 heterocycles. The van der Waals surface area contributed by atoms with Crippen LogP contribution in [0.25, 0.3) is 10.9 Å². The number of rotatable bonds is 11. The largest absolute Gasteiger partial charge is 0.368 e. The van der Waals surface area contributed by atoms with Crippen molar-refractivity contribution in [2.24, 2.45) is 23.5 Å². The molecule has 1 fully saturated rings. The highest BCUT2D eigenvalue weighted by atomic mass is 16.5. The molecule has 5 atom stereocenters. The highest BCUT2D eigenvalue weighted by Crippen LogP contribution is 2.20. The highest BCUT2D eigenvalue weighted by molar-refractivity contribution is 5.98. The van der Waals surface area contributed by atoms with E-state index in [0.29, 0.717) is 5.06 Å². The maximum absolute atomic E-state index is 14.1. The number of hydroxylamine groups is 2. The number of para-hydroxylation sites is 1. The van der Waals surface area contributed by atoms with Gasteiger partial charge in [0.05, 0.1) is 0 Å². The smallest absolute Gasteiger partial charge is 0.243 e. The fourth-order valence-corrected chi connectivity index (χ4v) is 5.84. The Labute approximate surface area is 287 Å². The van der Waals surface area contributed by atoms with Crippen LogP contribution in [0.2, 0.25) is 0 Å². The summed E-state index contributed by atoms with van der Waals surface area (Å²) in [7, 11) is 0. The van der Waals surface area contributed by atoms with Crippen LogP contribution in [0.15, 0.2) is 30.5 Å². The van der Waals surface area contributed by atoms with Crippen LogP contribution < -0.4 is 32.3 Å². The van der Waals surface area contributed by atoms with E-state index in [0.717, 1.165) is 16.5 Å². The molecule has 1 saturated heterocycles. The Morgan fingerprint density at radius 3 is 1.86 bits per heavy atom. The number of carbonyl (C=O) groups excluding carboxylic acids is 5. The Kier molecular flexibility index (Phi) is 14.0. The van der Waals surface area contributed by atoms with Gasteiger partial charge in [0.1, 0.15) is 30.2 Å². The molecule has 1 aromatic carbocycles. The van der Waals surface area contributed by atoms with Crippen LogP contribution in [0.1, 0.15) is 72.8 Å². The highest BCUT2D eigenvalue weighted by Gasteiger charge is 2.36. The first-order valence-corrected chi connectivity index (χ1v) is 16.9. The summed E-state index contributed by atoms with van der Waals surface area (Å²) in [6.45, 7) is 11.0. The zero-order chi connectivity index (χ0) is 36.4. The van der Waals surface area contributed by atoms with Crippen LogP contribution >= 0.6 is 0 Å². The summed E-state index contributed by atoms with van der Waals surface area (Å²) in [6.07, 6.45) is 2.51. The number of nitrogens with zero attached hydrogens (tertiary/aromatic N) is 1. The van der Waals surface area contributed by atoms with Crippen LogP contribution in [0.3, 0.4) is 0 Å². The van der Waals surface area contributed by atoms with Crippen molar-refractivity contribution in [3.05, 3.63) is 36.0 Å². The van der Waals surface area contributed by atoms with Crippen LogP contribution in [0, 0.1) is 23.2 Å². The van der Waals surface area contributed by atoms with Gasteiger partial charge in [-0.05, 0) is 55.1 Å². The van der Waals surface area contributed by atoms with Crippen LogP contribution in [0.5, 0.6) is 0 Å². The topological polar surface area (TPSA) is 235 Å². The maximum Gasteiger partial charge on any atom is 0.243 e. The predicted octanol–water partition coefficient (Wildman–Crippen LogP) is 1.26. The second kappa shape index (κ2) is 17.7. The van der Waals surface area contributed by atoms with Crippen molar-refractivity contribution in [2.75, 3.05) is 6.54 Å². The van der Waals surface area contributed by atoms with Gasteiger partial charge in [0.25, 0.3) is 0 Å². The first kappa shape index (κ1) is 38.8. The number of amides is 5.